The number of ether oxygens (including phenoxy) is 1. The van der Waals surface area contributed by atoms with Gasteiger partial charge in [-0.15, -0.1) is 6.58 Å². The van der Waals surface area contributed by atoms with Crippen molar-refractivity contribution in [3.05, 3.63) is 48.6 Å². The minimum Gasteiger partial charge on any atom is -0.468 e. The van der Waals surface area contributed by atoms with Crippen LogP contribution in [0.25, 0.3) is 0 Å². The number of hydrogen-bond donors (Lipinski definition) is 0. The number of carbonyl (C=O) groups is 1. The van der Waals surface area contributed by atoms with Gasteiger partial charge in [0.05, 0.1) is 7.11 Å². The molecule has 1 atom stereocenters. The van der Waals surface area contributed by atoms with Crippen LogP contribution in [0.5, 0.6) is 0 Å². The van der Waals surface area contributed by atoms with Gasteiger partial charge in [0.25, 0.3) is 0 Å². The Balaban J connectivity index is 2.86. The van der Waals surface area contributed by atoms with E-state index in [-0.39, 0.29) is 5.97 Å². The fraction of sp³-hybridized carbons (Fsp3) is 0.400. The molecule has 3 heteroatoms. The summed E-state index contributed by atoms with van der Waals surface area (Å²) in [5.74, 6) is -0.235. The molecule has 0 spiro atoms. The molecule has 0 unspecified atom stereocenters. The second-order valence-corrected chi connectivity index (χ2v) is 4.60. The van der Waals surface area contributed by atoms with E-state index in [1.54, 1.807) is 6.08 Å². The second-order valence-electron chi connectivity index (χ2n) is 4.60. The molecule has 0 bridgehead atoms. The molecular formula is C15H21NO2. The maximum Gasteiger partial charge on any atom is 0.326 e. The van der Waals surface area contributed by atoms with Crippen LogP contribution in [0.4, 0.5) is 0 Å². The smallest absolute Gasteiger partial charge is 0.326 e. The number of methoxy groups -OCH3 is 1. The molecular weight excluding hydrogens is 226 g/mol. The SMILES string of the molecule is C=CC[C@@](C)(C(=O)OC)N(C)Cc1ccccc1. The molecule has 1 aromatic carbocycles. The molecule has 0 fully saturated rings. The number of esters is 1. The quantitative estimate of drug-likeness (QED) is 0.571. The van der Waals surface area contributed by atoms with Gasteiger partial charge in [0.15, 0.2) is 0 Å². The molecule has 0 heterocycles. The van der Waals surface area contributed by atoms with Crippen molar-refractivity contribution in [1.82, 2.24) is 4.90 Å². The third-order valence-corrected chi connectivity index (χ3v) is 3.27. The van der Waals surface area contributed by atoms with Crippen molar-refractivity contribution in [2.75, 3.05) is 14.2 Å². The van der Waals surface area contributed by atoms with E-state index >= 15 is 0 Å². The standard InChI is InChI=1S/C15H21NO2/c1-5-11-15(2,14(17)18-4)16(3)12-13-9-7-6-8-10-13/h5-10H,1,11-12H2,2-4H3/t15-/m0/s1. The van der Waals surface area contributed by atoms with E-state index in [4.69, 9.17) is 4.74 Å². The number of hydrogen-bond acceptors (Lipinski definition) is 3. The zero-order chi connectivity index (χ0) is 13.6. The summed E-state index contributed by atoms with van der Waals surface area (Å²) in [4.78, 5) is 13.9. The topological polar surface area (TPSA) is 29.5 Å². The van der Waals surface area contributed by atoms with E-state index in [0.29, 0.717) is 13.0 Å². The molecule has 0 radical (unpaired) electrons. The van der Waals surface area contributed by atoms with Crippen LogP contribution >= 0.6 is 0 Å². The highest BCUT2D eigenvalue weighted by Crippen LogP contribution is 2.22. The third-order valence-electron chi connectivity index (χ3n) is 3.27. The van der Waals surface area contributed by atoms with Crippen LogP contribution in [0.2, 0.25) is 0 Å². The summed E-state index contributed by atoms with van der Waals surface area (Å²) in [5, 5.41) is 0. The number of carbonyl (C=O) groups excluding carboxylic acids is 1. The van der Waals surface area contributed by atoms with E-state index in [1.807, 2.05) is 49.2 Å². The Morgan fingerprint density at radius 1 is 1.44 bits per heavy atom. The molecule has 18 heavy (non-hydrogen) atoms. The number of benzene rings is 1. The van der Waals surface area contributed by atoms with E-state index < -0.39 is 5.54 Å². The monoisotopic (exact) mass is 247 g/mol. The Morgan fingerprint density at radius 3 is 2.56 bits per heavy atom. The van der Waals surface area contributed by atoms with Crippen LogP contribution in [-0.4, -0.2) is 30.6 Å². The van der Waals surface area contributed by atoms with Crippen molar-refractivity contribution >= 4 is 5.97 Å². The van der Waals surface area contributed by atoms with Crippen LogP contribution in [0.1, 0.15) is 18.9 Å². The van der Waals surface area contributed by atoms with E-state index in [1.165, 1.54) is 12.7 Å². The zero-order valence-corrected chi connectivity index (χ0v) is 11.3. The Kier molecular flexibility index (Phi) is 5.10. The van der Waals surface area contributed by atoms with E-state index in [9.17, 15) is 4.79 Å². The molecule has 0 saturated heterocycles. The van der Waals surface area contributed by atoms with Crippen LogP contribution in [0.15, 0.2) is 43.0 Å². The van der Waals surface area contributed by atoms with Crippen molar-refractivity contribution in [2.45, 2.75) is 25.4 Å². The first-order chi connectivity index (χ1) is 8.54. The van der Waals surface area contributed by atoms with Gasteiger partial charge in [0.2, 0.25) is 0 Å². The predicted octanol–water partition coefficient (Wildman–Crippen LogP) is 2.63. The summed E-state index contributed by atoms with van der Waals surface area (Å²) >= 11 is 0. The molecule has 0 N–H and O–H groups in total. The van der Waals surface area contributed by atoms with Crippen LogP contribution < -0.4 is 0 Å². The molecule has 0 aliphatic heterocycles. The summed E-state index contributed by atoms with van der Waals surface area (Å²) in [6, 6.07) is 10.1. The normalized spacial score (nSPS) is 14.0. The van der Waals surface area contributed by atoms with Gasteiger partial charge in [0.1, 0.15) is 5.54 Å². The first kappa shape index (κ1) is 14.5. The van der Waals surface area contributed by atoms with Crippen molar-refractivity contribution < 1.29 is 9.53 Å². The predicted molar refractivity (Wildman–Crippen MR) is 73.1 cm³/mol. The molecule has 3 nitrogen and oxygen atoms in total. The zero-order valence-electron chi connectivity index (χ0n) is 11.3. The summed E-state index contributed by atoms with van der Waals surface area (Å²) < 4.78 is 4.90. The average Bonchev–Trinajstić information content (AvgIpc) is 2.39. The van der Waals surface area contributed by atoms with Gasteiger partial charge in [-0.2, -0.15) is 0 Å². The number of rotatable bonds is 6. The lowest BCUT2D eigenvalue weighted by Gasteiger charge is -2.35. The van der Waals surface area contributed by atoms with Crippen LogP contribution in [-0.2, 0) is 16.1 Å². The Morgan fingerprint density at radius 2 is 2.06 bits per heavy atom. The molecule has 1 rings (SSSR count). The second kappa shape index (κ2) is 6.36. The van der Waals surface area contributed by atoms with Crippen molar-refractivity contribution in [3.63, 3.8) is 0 Å². The van der Waals surface area contributed by atoms with Gasteiger partial charge in [-0.3, -0.25) is 9.69 Å². The summed E-state index contributed by atoms with van der Waals surface area (Å²) in [6.45, 7) is 6.29. The largest absolute Gasteiger partial charge is 0.468 e. The molecule has 0 aliphatic rings. The molecule has 1 aromatic rings. The third kappa shape index (κ3) is 3.20. The first-order valence-electron chi connectivity index (χ1n) is 5.99. The highest BCUT2D eigenvalue weighted by atomic mass is 16.5. The minimum atomic E-state index is -0.674. The molecule has 0 aromatic heterocycles. The van der Waals surface area contributed by atoms with Gasteiger partial charge in [0, 0.05) is 6.54 Å². The lowest BCUT2D eigenvalue weighted by Crippen LogP contribution is -2.50. The number of likely N-dealkylation sites (N-methyl/N-ethyl adjacent to an activating group) is 1. The van der Waals surface area contributed by atoms with Crippen molar-refractivity contribution in [1.29, 1.82) is 0 Å². The van der Waals surface area contributed by atoms with Gasteiger partial charge < -0.3 is 4.74 Å². The van der Waals surface area contributed by atoms with Crippen LogP contribution in [0.3, 0.4) is 0 Å². The van der Waals surface area contributed by atoms with Crippen molar-refractivity contribution in [2.24, 2.45) is 0 Å². The molecule has 98 valence electrons. The molecule has 0 aliphatic carbocycles. The first-order valence-corrected chi connectivity index (χ1v) is 5.99. The summed E-state index contributed by atoms with van der Waals surface area (Å²) in [6.07, 6.45) is 2.31. The van der Waals surface area contributed by atoms with Gasteiger partial charge in [-0.1, -0.05) is 36.4 Å². The highest BCUT2D eigenvalue weighted by Gasteiger charge is 2.37. The summed E-state index contributed by atoms with van der Waals surface area (Å²) in [5.41, 5.74) is 0.492. The Labute approximate surface area is 109 Å². The van der Waals surface area contributed by atoms with Crippen LogP contribution in [0, 0.1) is 0 Å². The van der Waals surface area contributed by atoms with E-state index in [2.05, 4.69) is 6.58 Å². The fourth-order valence-electron chi connectivity index (χ4n) is 1.93. The minimum absolute atomic E-state index is 0.235. The maximum absolute atomic E-state index is 11.9. The molecule has 0 amide bonds. The lowest BCUT2D eigenvalue weighted by molar-refractivity contribution is -0.153. The lowest BCUT2D eigenvalue weighted by atomic mass is 9.95. The van der Waals surface area contributed by atoms with Gasteiger partial charge >= 0.3 is 5.97 Å². The fourth-order valence-corrected chi connectivity index (χ4v) is 1.93. The maximum atomic E-state index is 11.9. The Hall–Kier alpha value is -1.61. The number of nitrogens with zero attached hydrogens (tertiary/aromatic N) is 1. The Bertz CT molecular complexity index is 402. The molecule has 0 saturated carbocycles. The van der Waals surface area contributed by atoms with Gasteiger partial charge in [-0.05, 0) is 26.0 Å². The summed E-state index contributed by atoms with van der Waals surface area (Å²) in [7, 11) is 3.34. The van der Waals surface area contributed by atoms with Crippen molar-refractivity contribution in [3.8, 4) is 0 Å². The average molecular weight is 247 g/mol. The van der Waals surface area contributed by atoms with E-state index in [0.717, 1.165) is 0 Å². The van der Waals surface area contributed by atoms with Gasteiger partial charge in [-0.25, -0.2) is 0 Å². The highest BCUT2D eigenvalue weighted by molar-refractivity contribution is 5.80.